The largest absolute Gasteiger partial charge is 0.345 e. The van der Waals surface area contributed by atoms with E-state index in [9.17, 15) is 14.4 Å². The predicted molar refractivity (Wildman–Crippen MR) is 72.9 cm³/mol. The van der Waals surface area contributed by atoms with E-state index in [0.29, 0.717) is 5.69 Å². The monoisotopic (exact) mass is 339 g/mol. The van der Waals surface area contributed by atoms with Gasteiger partial charge in [0, 0.05) is 23.8 Å². The van der Waals surface area contributed by atoms with E-state index >= 15 is 0 Å². The van der Waals surface area contributed by atoms with Gasteiger partial charge in [0.15, 0.2) is 5.69 Å². The van der Waals surface area contributed by atoms with Crippen molar-refractivity contribution in [1.29, 1.82) is 0 Å². The number of aromatic nitrogens is 3. The van der Waals surface area contributed by atoms with Crippen molar-refractivity contribution < 1.29 is 9.59 Å². The first-order valence-corrected chi connectivity index (χ1v) is 6.25. The molecule has 0 radical (unpaired) electrons. The average Bonchev–Trinajstić information content (AvgIpc) is 2.75. The van der Waals surface area contributed by atoms with E-state index in [1.807, 2.05) is 0 Å². The first kappa shape index (κ1) is 14.0. The lowest BCUT2D eigenvalue weighted by molar-refractivity contribution is 0.0839. The van der Waals surface area contributed by atoms with Crippen molar-refractivity contribution in [2.24, 2.45) is 7.05 Å². The Bertz CT molecular complexity index is 701. The number of amides is 2. The summed E-state index contributed by atoms with van der Waals surface area (Å²) in [6, 6.07) is 4.03. The summed E-state index contributed by atoms with van der Waals surface area (Å²) in [5, 5.41) is 5.66. The zero-order valence-corrected chi connectivity index (χ0v) is 11.9. The molecule has 0 saturated carbocycles. The van der Waals surface area contributed by atoms with Crippen LogP contribution in [-0.2, 0) is 7.05 Å². The fourth-order valence-electron chi connectivity index (χ4n) is 1.46. The fourth-order valence-corrected chi connectivity index (χ4v) is 1.99. The fraction of sp³-hybridized carbons (Fsp3) is 0.0909. The molecule has 2 amide bonds. The van der Waals surface area contributed by atoms with E-state index in [-0.39, 0.29) is 5.69 Å². The van der Waals surface area contributed by atoms with Crippen LogP contribution in [0.15, 0.2) is 33.7 Å². The molecular weight excluding hydrogens is 330 g/mol. The van der Waals surface area contributed by atoms with E-state index < -0.39 is 17.4 Å². The first-order valence-electron chi connectivity index (χ1n) is 5.45. The molecule has 3 N–H and O–H groups in total. The highest BCUT2D eigenvalue weighted by atomic mass is 79.9. The Morgan fingerprint density at radius 3 is 2.55 bits per heavy atom. The van der Waals surface area contributed by atoms with Crippen molar-refractivity contribution in [3.05, 3.63) is 50.6 Å². The van der Waals surface area contributed by atoms with Gasteiger partial charge in [0.1, 0.15) is 5.69 Å². The number of carbonyl (C=O) groups is 2. The van der Waals surface area contributed by atoms with E-state index in [1.165, 1.54) is 6.07 Å². The second kappa shape index (κ2) is 5.70. The molecule has 0 aliphatic rings. The van der Waals surface area contributed by atoms with E-state index in [1.54, 1.807) is 23.9 Å². The SMILES string of the molecule is Cn1cc(Br)cc1C(=O)NNC(=O)c1ccc(=O)[nH]n1. The number of hydrogen-bond donors (Lipinski definition) is 3. The highest BCUT2D eigenvalue weighted by Gasteiger charge is 2.13. The molecule has 2 aromatic rings. The zero-order valence-electron chi connectivity index (χ0n) is 10.3. The van der Waals surface area contributed by atoms with E-state index in [0.717, 1.165) is 10.5 Å². The number of nitrogens with one attached hydrogen (secondary N) is 3. The van der Waals surface area contributed by atoms with Crippen molar-refractivity contribution in [3.8, 4) is 0 Å². The van der Waals surface area contributed by atoms with Crippen LogP contribution in [0.2, 0.25) is 0 Å². The van der Waals surface area contributed by atoms with Crippen molar-refractivity contribution in [3.63, 3.8) is 0 Å². The van der Waals surface area contributed by atoms with Crippen LogP contribution in [0.25, 0.3) is 0 Å². The molecular formula is C11H10BrN5O3. The molecule has 8 nitrogen and oxygen atoms in total. The predicted octanol–water partition coefficient (Wildman–Crippen LogP) is -0.0543. The summed E-state index contributed by atoms with van der Waals surface area (Å²) in [5.41, 5.74) is 4.39. The Labute approximate surface area is 121 Å². The second-order valence-corrected chi connectivity index (χ2v) is 4.78. The number of nitrogens with zero attached hydrogens (tertiary/aromatic N) is 2. The van der Waals surface area contributed by atoms with Crippen molar-refractivity contribution in [2.45, 2.75) is 0 Å². The number of H-pyrrole nitrogens is 1. The molecule has 2 heterocycles. The van der Waals surface area contributed by atoms with Gasteiger partial charge in [0.2, 0.25) is 0 Å². The van der Waals surface area contributed by atoms with Crippen LogP contribution < -0.4 is 16.4 Å². The third-order valence-electron chi connectivity index (χ3n) is 2.41. The van der Waals surface area contributed by atoms with Gasteiger partial charge in [0.25, 0.3) is 17.4 Å². The van der Waals surface area contributed by atoms with Crippen molar-refractivity contribution in [2.75, 3.05) is 0 Å². The summed E-state index contributed by atoms with van der Waals surface area (Å²) in [5.74, 6) is -1.11. The minimum atomic E-state index is -0.636. The second-order valence-electron chi connectivity index (χ2n) is 3.87. The molecule has 0 fully saturated rings. The summed E-state index contributed by atoms with van der Waals surface area (Å²) in [6.07, 6.45) is 1.71. The topological polar surface area (TPSA) is 109 Å². The number of aryl methyl sites for hydroxylation is 1. The van der Waals surface area contributed by atoms with Crippen LogP contribution in [0, 0.1) is 0 Å². The van der Waals surface area contributed by atoms with Gasteiger partial charge in [0.05, 0.1) is 0 Å². The lowest BCUT2D eigenvalue weighted by Gasteiger charge is -2.07. The third kappa shape index (κ3) is 3.12. The minimum Gasteiger partial charge on any atom is -0.345 e. The van der Waals surface area contributed by atoms with Gasteiger partial charge in [-0.2, -0.15) is 5.10 Å². The number of aromatic amines is 1. The van der Waals surface area contributed by atoms with Crippen LogP contribution >= 0.6 is 15.9 Å². The van der Waals surface area contributed by atoms with Crippen LogP contribution in [0.3, 0.4) is 0 Å². The molecule has 0 unspecified atom stereocenters. The highest BCUT2D eigenvalue weighted by Crippen LogP contribution is 2.13. The van der Waals surface area contributed by atoms with Gasteiger partial charge < -0.3 is 4.57 Å². The summed E-state index contributed by atoms with van der Waals surface area (Å²) in [4.78, 5) is 34.3. The van der Waals surface area contributed by atoms with Crippen LogP contribution in [-0.4, -0.2) is 26.6 Å². The number of carbonyl (C=O) groups excluding carboxylic acids is 2. The molecule has 0 saturated heterocycles. The van der Waals surface area contributed by atoms with Gasteiger partial charge in [-0.25, -0.2) is 5.10 Å². The van der Waals surface area contributed by atoms with Crippen LogP contribution in [0.1, 0.15) is 21.0 Å². The van der Waals surface area contributed by atoms with Crippen molar-refractivity contribution >= 4 is 27.7 Å². The maximum Gasteiger partial charge on any atom is 0.290 e. The van der Waals surface area contributed by atoms with Gasteiger partial charge in [-0.15, -0.1) is 0 Å². The van der Waals surface area contributed by atoms with Gasteiger partial charge in [-0.05, 0) is 28.1 Å². The van der Waals surface area contributed by atoms with Crippen molar-refractivity contribution in [1.82, 2.24) is 25.6 Å². The number of hydrazine groups is 1. The maximum absolute atomic E-state index is 11.8. The van der Waals surface area contributed by atoms with E-state index in [2.05, 4.69) is 37.0 Å². The molecule has 2 aromatic heterocycles. The lowest BCUT2D eigenvalue weighted by Crippen LogP contribution is -2.42. The summed E-state index contributed by atoms with van der Waals surface area (Å²) >= 11 is 3.24. The third-order valence-corrected chi connectivity index (χ3v) is 2.84. The Morgan fingerprint density at radius 2 is 2.00 bits per heavy atom. The maximum atomic E-state index is 11.8. The van der Waals surface area contributed by atoms with Gasteiger partial charge in [-0.1, -0.05) is 0 Å². The van der Waals surface area contributed by atoms with E-state index in [4.69, 9.17) is 0 Å². The van der Waals surface area contributed by atoms with Gasteiger partial charge in [-0.3, -0.25) is 25.2 Å². The first-order chi connectivity index (χ1) is 9.47. The summed E-state index contributed by atoms with van der Waals surface area (Å²) < 4.78 is 2.35. The number of hydrogen-bond acceptors (Lipinski definition) is 4. The van der Waals surface area contributed by atoms with Crippen LogP contribution in [0.5, 0.6) is 0 Å². The number of halogens is 1. The molecule has 0 aromatic carbocycles. The molecule has 104 valence electrons. The quantitative estimate of drug-likeness (QED) is 0.666. The average molecular weight is 340 g/mol. The highest BCUT2D eigenvalue weighted by molar-refractivity contribution is 9.10. The molecule has 0 bridgehead atoms. The molecule has 20 heavy (non-hydrogen) atoms. The smallest absolute Gasteiger partial charge is 0.290 e. The Hall–Kier alpha value is -2.42. The zero-order chi connectivity index (χ0) is 14.7. The summed E-state index contributed by atoms with van der Waals surface area (Å²) in [7, 11) is 1.70. The summed E-state index contributed by atoms with van der Waals surface area (Å²) in [6.45, 7) is 0. The molecule has 0 atom stereocenters. The lowest BCUT2D eigenvalue weighted by atomic mass is 10.4. The molecule has 9 heteroatoms. The Balaban J connectivity index is 2.00. The normalized spacial score (nSPS) is 10.1. The Kier molecular flexibility index (Phi) is 3.99. The Morgan fingerprint density at radius 1 is 1.30 bits per heavy atom. The molecule has 2 rings (SSSR count). The molecule has 0 aliphatic carbocycles. The number of rotatable bonds is 2. The molecule has 0 aliphatic heterocycles. The molecule has 0 spiro atoms. The minimum absolute atomic E-state index is 0.0158. The van der Waals surface area contributed by atoms with Gasteiger partial charge >= 0.3 is 0 Å². The standard InChI is InChI=1S/C11H10BrN5O3/c1-17-5-6(12)4-8(17)11(20)16-15-10(19)7-2-3-9(18)14-13-7/h2-5H,1H3,(H,14,18)(H,15,19)(H,16,20). The van der Waals surface area contributed by atoms with Crippen LogP contribution in [0.4, 0.5) is 0 Å².